The molecule has 0 saturated heterocycles. The molecule has 0 radical (unpaired) electrons. The molecule has 2 nitrogen and oxygen atoms in total. The summed E-state index contributed by atoms with van der Waals surface area (Å²) in [6, 6.07) is 9.81. The molecule has 0 spiro atoms. The van der Waals surface area contributed by atoms with Gasteiger partial charge in [-0.15, -0.1) is 0 Å². The van der Waals surface area contributed by atoms with Crippen molar-refractivity contribution in [3.63, 3.8) is 0 Å². The van der Waals surface area contributed by atoms with Crippen LogP contribution in [0.15, 0.2) is 24.3 Å². The number of amides is 1. The number of nitrogens with zero attached hydrogens (tertiary/aromatic N) is 1. The predicted molar refractivity (Wildman–Crippen MR) is 89.9 cm³/mol. The van der Waals surface area contributed by atoms with E-state index in [0.717, 1.165) is 5.56 Å². The van der Waals surface area contributed by atoms with Crippen LogP contribution in [0.4, 0.5) is 0 Å². The molecule has 0 aromatic heterocycles. The molecule has 0 aliphatic carbocycles. The lowest BCUT2D eigenvalue weighted by Crippen LogP contribution is -2.42. The third-order valence-electron chi connectivity index (χ3n) is 3.28. The molecular weight excluding hydrogens is 262 g/mol. The van der Waals surface area contributed by atoms with Crippen molar-refractivity contribution in [2.24, 2.45) is 0 Å². The monoisotopic (exact) mass is 291 g/mol. The molecule has 1 amide bonds. The van der Waals surface area contributed by atoms with Crippen molar-refractivity contribution in [3.8, 4) is 0 Å². The van der Waals surface area contributed by atoms with Gasteiger partial charge in [-0.05, 0) is 45.9 Å². The highest BCUT2D eigenvalue weighted by Gasteiger charge is 2.21. The molecule has 0 N–H and O–H groups in total. The molecule has 0 bridgehead atoms. The number of hydrogen-bond donors (Lipinski definition) is 0. The molecule has 0 atom stereocenters. The fourth-order valence-electron chi connectivity index (χ4n) is 2.59. The molecule has 1 rings (SSSR count). The fraction of sp³-hybridized carbons (Fsp3) is 0.588. The minimum Gasteiger partial charge on any atom is -0.334 e. The van der Waals surface area contributed by atoms with Gasteiger partial charge in [0.15, 0.2) is 0 Å². The second-order valence-electron chi connectivity index (χ2n) is 7.33. The largest absolute Gasteiger partial charge is 0.334 e. The van der Waals surface area contributed by atoms with Gasteiger partial charge < -0.3 is 4.90 Å². The van der Waals surface area contributed by atoms with E-state index in [1.165, 1.54) is 11.6 Å². The Bertz CT molecular complexity index is 435. The van der Waals surface area contributed by atoms with Crippen molar-refractivity contribution in [1.29, 1.82) is 0 Å². The average molecular weight is 292 g/mol. The SMILES string of the molecule is CC(C)N(C(=O)c1ccc(C[Si](C)(C)C)cc1)C(C)C. The molecule has 0 saturated carbocycles. The maximum Gasteiger partial charge on any atom is 0.254 e. The number of benzene rings is 1. The Morgan fingerprint density at radius 1 is 1.00 bits per heavy atom. The minimum atomic E-state index is -1.10. The van der Waals surface area contributed by atoms with Crippen molar-refractivity contribution in [2.45, 2.75) is 65.5 Å². The molecule has 0 aliphatic heterocycles. The second-order valence-corrected chi connectivity index (χ2v) is 12.8. The van der Waals surface area contributed by atoms with Crippen LogP contribution in [0.5, 0.6) is 0 Å². The first-order valence-electron chi connectivity index (χ1n) is 7.53. The molecule has 20 heavy (non-hydrogen) atoms. The van der Waals surface area contributed by atoms with Gasteiger partial charge in [-0.3, -0.25) is 4.79 Å². The summed E-state index contributed by atoms with van der Waals surface area (Å²) >= 11 is 0. The third-order valence-corrected chi connectivity index (χ3v) is 4.75. The number of carbonyl (C=O) groups is 1. The van der Waals surface area contributed by atoms with E-state index in [1.54, 1.807) is 0 Å². The summed E-state index contributed by atoms with van der Waals surface area (Å²) in [5.41, 5.74) is 2.15. The van der Waals surface area contributed by atoms with Gasteiger partial charge in [-0.1, -0.05) is 37.3 Å². The standard InChI is InChI=1S/C17H29NOSi/c1-13(2)18(14(3)4)17(19)16-10-8-15(9-11-16)12-20(5,6)7/h8-11,13-14H,12H2,1-7H3. The summed E-state index contributed by atoms with van der Waals surface area (Å²) in [6.07, 6.45) is 0. The summed E-state index contributed by atoms with van der Waals surface area (Å²) in [5, 5.41) is 0. The van der Waals surface area contributed by atoms with Gasteiger partial charge in [0, 0.05) is 25.7 Å². The van der Waals surface area contributed by atoms with E-state index in [2.05, 4.69) is 59.5 Å². The molecule has 0 heterocycles. The first-order chi connectivity index (χ1) is 9.11. The van der Waals surface area contributed by atoms with Crippen molar-refractivity contribution >= 4 is 14.0 Å². The van der Waals surface area contributed by atoms with Gasteiger partial charge in [-0.25, -0.2) is 0 Å². The third kappa shape index (κ3) is 4.78. The van der Waals surface area contributed by atoms with Crippen LogP contribution in [0.1, 0.15) is 43.6 Å². The lowest BCUT2D eigenvalue weighted by atomic mass is 10.1. The second kappa shape index (κ2) is 6.57. The first kappa shape index (κ1) is 17.0. The van der Waals surface area contributed by atoms with Crippen LogP contribution in [0.25, 0.3) is 0 Å². The van der Waals surface area contributed by atoms with Gasteiger partial charge in [0.05, 0.1) is 0 Å². The molecule has 0 aliphatic rings. The summed E-state index contributed by atoms with van der Waals surface area (Å²) < 4.78 is 0. The summed E-state index contributed by atoms with van der Waals surface area (Å²) in [7, 11) is -1.10. The lowest BCUT2D eigenvalue weighted by molar-refractivity contribution is 0.0643. The maximum absolute atomic E-state index is 12.6. The summed E-state index contributed by atoms with van der Waals surface area (Å²) in [5.74, 6) is 0.134. The average Bonchev–Trinajstić information content (AvgIpc) is 2.26. The van der Waals surface area contributed by atoms with E-state index < -0.39 is 8.07 Å². The zero-order valence-electron chi connectivity index (χ0n) is 14.0. The Balaban J connectivity index is 2.90. The highest BCUT2D eigenvalue weighted by molar-refractivity contribution is 6.75. The van der Waals surface area contributed by atoms with E-state index >= 15 is 0 Å². The van der Waals surface area contributed by atoms with Crippen LogP contribution >= 0.6 is 0 Å². The Morgan fingerprint density at radius 2 is 1.45 bits per heavy atom. The Labute approximate surface area is 125 Å². The molecule has 0 unspecified atom stereocenters. The molecule has 1 aromatic carbocycles. The zero-order chi connectivity index (χ0) is 15.5. The minimum absolute atomic E-state index is 0.134. The van der Waals surface area contributed by atoms with E-state index in [0.29, 0.717) is 0 Å². The Hall–Kier alpha value is -1.09. The number of hydrogen-bond acceptors (Lipinski definition) is 1. The maximum atomic E-state index is 12.6. The number of rotatable bonds is 5. The molecule has 3 heteroatoms. The molecule has 1 aromatic rings. The lowest BCUT2D eigenvalue weighted by Gasteiger charge is -2.31. The topological polar surface area (TPSA) is 20.3 Å². The fourth-order valence-corrected chi connectivity index (χ4v) is 4.05. The van der Waals surface area contributed by atoms with Crippen LogP contribution in [-0.2, 0) is 6.04 Å². The van der Waals surface area contributed by atoms with Gasteiger partial charge >= 0.3 is 0 Å². The van der Waals surface area contributed by atoms with E-state index in [1.807, 2.05) is 17.0 Å². The Kier molecular flexibility index (Phi) is 5.57. The van der Waals surface area contributed by atoms with Crippen molar-refractivity contribution in [2.75, 3.05) is 0 Å². The van der Waals surface area contributed by atoms with Crippen LogP contribution in [0.3, 0.4) is 0 Å². The number of carbonyl (C=O) groups excluding carboxylic acids is 1. The molecule has 0 fully saturated rings. The van der Waals surface area contributed by atoms with Crippen molar-refractivity contribution in [3.05, 3.63) is 35.4 Å². The smallest absolute Gasteiger partial charge is 0.254 e. The van der Waals surface area contributed by atoms with Gasteiger partial charge in [0.2, 0.25) is 0 Å². The van der Waals surface area contributed by atoms with E-state index in [-0.39, 0.29) is 18.0 Å². The first-order valence-corrected chi connectivity index (χ1v) is 11.2. The van der Waals surface area contributed by atoms with E-state index in [9.17, 15) is 4.79 Å². The summed E-state index contributed by atoms with van der Waals surface area (Å²) in [6.45, 7) is 15.4. The van der Waals surface area contributed by atoms with E-state index in [4.69, 9.17) is 0 Å². The summed E-state index contributed by atoms with van der Waals surface area (Å²) in [4.78, 5) is 14.5. The van der Waals surface area contributed by atoms with Crippen LogP contribution in [-0.4, -0.2) is 31.0 Å². The van der Waals surface area contributed by atoms with Crippen LogP contribution in [0, 0.1) is 0 Å². The van der Waals surface area contributed by atoms with Crippen LogP contribution < -0.4 is 0 Å². The van der Waals surface area contributed by atoms with Gasteiger partial charge in [-0.2, -0.15) is 0 Å². The van der Waals surface area contributed by atoms with Gasteiger partial charge in [0.25, 0.3) is 5.91 Å². The highest BCUT2D eigenvalue weighted by Crippen LogP contribution is 2.16. The predicted octanol–water partition coefficient (Wildman–Crippen LogP) is 4.37. The Morgan fingerprint density at radius 3 is 1.80 bits per heavy atom. The highest BCUT2D eigenvalue weighted by atomic mass is 28.3. The normalized spacial score (nSPS) is 12.1. The molecule has 112 valence electrons. The van der Waals surface area contributed by atoms with Crippen LogP contribution in [0.2, 0.25) is 19.6 Å². The van der Waals surface area contributed by atoms with Crippen molar-refractivity contribution in [1.82, 2.24) is 4.90 Å². The van der Waals surface area contributed by atoms with Gasteiger partial charge in [0.1, 0.15) is 0 Å². The molecular formula is C17H29NOSi. The quantitative estimate of drug-likeness (QED) is 0.738. The zero-order valence-corrected chi connectivity index (χ0v) is 15.0. The van der Waals surface area contributed by atoms with Crippen molar-refractivity contribution < 1.29 is 4.79 Å².